The Morgan fingerprint density at radius 3 is 2.41 bits per heavy atom. The average Bonchev–Trinajstić information content (AvgIpc) is 3.96. The van der Waals surface area contributed by atoms with Crippen LogP contribution in [-0.2, 0) is 17.8 Å². The van der Waals surface area contributed by atoms with Gasteiger partial charge in [0.1, 0.15) is 41.7 Å². The minimum atomic E-state index is -0.631. The van der Waals surface area contributed by atoms with E-state index < -0.39 is 23.3 Å². The molecule has 278 valence electrons. The summed E-state index contributed by atoms with van der Waals surface area (Å²) in [6, 6.07) is 19.6. The van der Waals surface area contributed by atoms with Crippen molar-refractivity contribution in [1.82, 2.24) is 25.1 Å². The van der Waals surface area contributed by atoms with Gasteiger partial charge >= 0.3 is 0 Å². The first-order chi connectivity index (χ1) is 26.1. The molecule has 54 heavy (non-hydrogen) atoms. The number of hydrogen-bond acceptors (Lipinski definition) is 7. The van der Waals surface area contributed by atoms with E-state index in [1.807, 2.05) is 25.2 Å². The molecule has 1 fully saturated rings. The number of rotatable bonds is 8. The van der Waals surface area contributed by atoms with Crippen molar-refractivity contribution < 1.29 is 31.8 Å². The number of aldehydes is 1. The monoisotopic (exact) mass is 758 g/mol. The first-order valence-electron chi connectivity index (χ1n) is 17.0. The molecule has 0 atom stereocenters. The minimum Gasteiger partial charge on any atom is -0.473 e. The summed E-state index contributed by atoms with van der Waals surface area (Å²) < 4.78 is 67.8. The number of H-pyrrole nitrogens is 2. The topological polar surface area (TPSA) is 118 Å². The molecular weight excluding hydrogens is 724 g/mol. The standard InChI is InChI=1S/C27H20ClF3N4O.C9H7FN2O.C4H8O/c1-32-18-7-8-24-25(12-18)34-26(33-24)10-16-9-22(31)19(13-21(16)30)23-3-2-4-27(35-23)36-14-15-5-6-17(28)11-20(15)29;1-5-7-2-6(4-13)3-8(10)9(7)12-11-5;1-2-4-5-3-1/h2-9,11-13,32H,10,14H2,1H3,(H,33,34);2-4H,1H3,(H,11,12);1-4H2. The third-order valence-electron chi connectivity index (χ3n) is 8.49. The lowest BCUT2D eigenvalue weighted by Crippen LogP contribution is -2.01. The lowest BCUT2D eigenvalue weighted by Gasteiger charge is -2.10. The first-order valence-corrected chi connectivity index (χ1v) is 17.3. The highest BCUT2D eigenvalue weighted by atomic mass is 35.5. The maximum Gasteiger partial charge on any atom is 0.214 e. The van der Waals surface area contributed by atoms with E-state index in [0.717, 1.165) is 47.8 Å². The quantitative estimate of drug-likeness (QED) is 0.104. The van der Waals surface area contributed by atoms with Gasteiger partial charge in [0.2, 0.25) is 5.88 Å². The largest absolute Gasteiger partial charge is 0.473 e. The van der Waals surface area contributed by atoms with E-state index in [1.165, 1.54) is 31.0 Å². The van der Waals surface area contributed by atoms with E-state index in [4.69, 9.17) is 21.1 Å². The molecule has 9 nitrogen and oxygen atoms in total. The molecule has 3 N–H and O–H groups in total. The Kier molecular flexibility index (Phi) is 12.2. The van der Waals surface area contributed by atoms with Crippen LogP contribution in [-0.4, -0.2) is 51.7 Å². The highest BCUT2D eigenvalue weighted by Gasteiger charge is 2.16. The second-order valence-electron chi connectivity index (χ2n) is 12.3. The molecule has 0 aliphatic carbocycles. The van der Waals surface area contributed by atoms with Gasteiger partial charge in [-0.05, 0) is 86.0 Å². The molecule has 1 aliphatic rings. The molecule has 0 saturated carbocycles. The number of carbonyl (C=O) groups is 1. The second kappa shape index (κ2) is 17.4. The highest BCUT2D eigenvalue weighted by Crippen LogP contribution is 2.28. The van der Waals surface area contributed by atoms with Crippen molar-refractivity contribution in [3.8, 4) is 17.1 Å². The molecule has 8 rings (SSSR count). The number of benzene rings is 4. The van der Waals surface area contributed by atoms with Crippen LogP contribution in [0.2, 0.25) is 5.02 Å². The van der Waals surface area contributed by atoms with Crippen molar-refractivity contribution >= 4 is 45.5 Å². The molecule has 1 aliphatic heterocycles. The van der Waals surface area contributed by atoms with Crippen LogP contribution in [0, 0.1) is 30.2 Å². The molecule has 0 bridgehead atoms. The van der Waals surface area contributed by atoms with Gasteiger partial charge in [0, 0.05) is 71.2 Å². The molecule has 7 aromatic rings. The van der Waals surface area contributed by atoms with Gasteiger partial charge in [-0.15, -0.1) is 0 Å². The number of imidazole rings is 1. The number of ether oxygens (including phenoxy) is 2. The Balaban J connectivity index is 0.000000225. The Morgan fingerprint density at radius 1 is 0.889 bits per heavy atom. The van der Waals surface area contributed by atoms with Gasteiger partial charge in [0.05, 0.1) is 16.7 Å². The van der Waals surface area contributed by atoms with Crippen molar-refractivity contribution in [1.29, 1.82) is 0 Å². The molecule has 3 aromatic heterocycles. The van der Waals surface area contributed by atoms with E-state index in [1.54, 1.807) is 37.3 Å². The van der Waals surface area contributed by atoms with Crippen LogP contribution in [0.5, 0.6) is 5.88 Å². The molecule has 0 unspecified atom stereocenters. The average molecular weight is 759 g/mol. The van der Waals surface area contributed by atoms with E-state index in [9.17, 15) is 18.0 Å². The van der Waals surface area contributed by atoms with Gasteiger partial charge in [-0.3, -0.25) is 9.89 Å². The number of carbonyl (C=O) groups excluding carboxylic acids is 1. The van der Waals surface area contributed by atoms with Crippen LogP contribution in [0.25, 0.3) is 33.2 Å². The van der Waals surface area contributed by atoms with Gasteiger partial charge in [0.15, 0.2) is 5.82 Å². The zero-order valence-electron chi connectivity index (χ0n) is 29.3. The van der Waals surface area contributed by atoms with Crippen molar-refractivity contribution in [3.63, 3.8) is 0 Å². The number of nitrogens with one attached hydrogen (secondary N) is 3. The van der Waals surface area contributed by atoms with E-state index in [-0.39, 0.29) is 46.3 Å². The molecular formula is C40H35ClF4N6O3. The van der Waals surface area contributed by atoms with Crippen LogP contribution in [0.4, 0.5) is 23.2 Å². The summed E-state index contributed by atoms with van der Waals surface area (Å²) in [6.07, 6.45) is 3.27. The number of fused-ring (bicyclic) bond motifs is 2. The van der Waals surface area contributed by atoms with E-state index >= 15 is 4.39 Å². The summed E-state index contributed by atoms with van der Waals surface area (Å²) >= 11 is 5.77. The van der Waals surface area contributed by atoms with Crippen LogP contribution in [0.1, 0.15) is 45.8 Å². The van der Waals surface area contributed by atoms with Crippen molar-refractivity contribution in [2.45, 2.75) is 32.8 Å². The molecule has 4 heterocycles. The summed E-state index contributed by atoms with van der Waals surface area (Å²) in [4.78, 5) is 22.3. The van der Waals surface area contributed by atoms with E-state index in [2.05, 4.69) is 30.5 Å². The van der Waals surface area contributed by atoms with Crippen molar-refractivity contribution in [2.24, 2.45) is 0 Å². The summed E-state index contributed by atoms with van der Waals surface area (Å²) in [5.41, 5.74) is 4.45. The summed E-state index contributed by atoms with van der Waals surface area (Å²) in [5, 5.41) is 10.4. The maximum atomic E-state index is 15.0. The lowest BCUT2D eigenvalue weighted by atomic mass is 10.0. The minimum absolute atomic E-state index is 0.0114. The third kappa shape index (κ3) is 9.22. The van der Waals surface area contributed by atoms with E-state index in [0.29, 0.717) is 28.6 Å². The fourth-order valence-corrected chi connectivity index (χ4v) is 5.79. The number of nitrogens with zero attached hydrogens (tertiary/aromatic N) is 3. The molecule has 14 heteroatoms. The van der Waals surface area contributed by atoms with Crippen molar-refractivity contribution in [3.05, 3.63) is 135 Å². The molecule has 0 radical (unpaired) electrons. The SMILES string of the molecule is C1CCOC1.CNc1ccc2nc(Cc3cc(F)c(-c4cccc(OCc5ccc(Cl)cc5F)n4)cc3F)[nH]c2c1.Cc1[nH]nc2c(F)cc(C=O)cc12. The Hall–Kier alpha value is -5.79. The fraction of sp³-hybridized carbons (Fsp3) is 0.200. The molecule has 0 amide bonds. The molecule has 4 aromatic carbocycles. The normalized spacial score (nSPS) is 12.2. The van der Waals surface area contributed by atoms with Gasteiger partial charge < -0.3 is 19.8 Å². The number of halogens is 5. The predicted molar refractivity (Wildman–Crippen MR) is 200 cm³/mol. The second-order valence-corrected chi connectivity index (χ2v) is 12.8. The molecule has 1 saturated heterocycles. The number of hydrogen-bond donors (Lipinski definition) is 3. The lowest BCUT2D eigenvalue weighted by molar-refractivity contribution is 0.112. The number of anilines is 1. The summed E-state index contributed by atoms with van der Waals surface area (Å²) in [7, 11) is 1.81. The predicted octanol–water partition coefficient (Wildman–Crippen LogP) is 9.53. The smallest absolute Gasteiger partial charge is 0.214 e. The number of pyridine rings is 1. The number of aryl methyl sites for hydroxylation is 1. The number of aromatic amines is 2. The summed E-state index contributed by atoms with van der Waals surface area (Å²) in [5.74, 6) is -1.52. The fourth-order valence-electron chi connectivity index (χ4n) is 5.64. The zero-order chi connectivity index (χ0) is 38.2. The van der Waals surface area contributed by atoms with Crippen molar-refractivity contribution in [2.75, 3.05) is 25.6 Å². The first kappa shape index (κ1) is 38.0. The van der Waals surface area contributed by atoms with Crippen LogP contribution in [0.15, 0.2) is 78.9 Å². The van der Waals surface area contributed by atoms with Gasteiger partial charge in [0.25, 0.3) is 0 Å². The Morgan fingerprint density at radius 2 is 1.69 bits per heavy atom. The number of aromatic nitrogens is 5. The summed E-state index contributed by atoms with van der Waals surface area (Å²) in [6.45, 7) is 3.69. The van der Waals surface area contributed by atoms with Crippen LogP contribution < -0.4 is 10.1 Å². The van der Waals surface area contributed by atoms with Gasteiger partial charge in [-0.2, -0.15) is 5.10 Å². The highest BCUT2D eigenvalue weighted by molar-refractivity contribution is 6.30. The molecule has 0 spiro atoms. The van der Waals surface area contributed by atoms with Crippen LogP contribution in [0.3, 0.4) is 0 Å². The zero-order valence-corrected chi connectivity index (χ0v) is 30.0. The Labute approximate surface area is 312 Å². The van der Waals surface area contributed by atoms with Gasteiger partial charge in [-0.25, -0.2) is 27.5 Å². The third-order valence-corrected chi connectivity index (χ3v) is 8.73. The Bertz CT molecular complexity index is 2410. The maximum absolute atomic E-state index is 15.0. The van der Waals surface area contributed by atoms with Gasteiger partial charge in [-0.1, -0.05) is 23.7 Å². The van der Waals surface area contributed by atoms with Crippen LogP contribution >= 0.6 is 11.6 Å².